The number of hydrogen-bond donors (Lipinski definition) is 0. The second-order valence-electron chi connectivity index (χ2n) is 2.74. The molecule has 0 bridgehead atoms. The van der Waals surface area contributed by atoms with Crippen LogP contribution in [0.3, 0.4) is 0 Å². The van der Waals surface area contributed by atoms with Crippen molar-refractivity contribution in [3.05, 3.63) is 18.2 Å². The molecule has 70 valence electrons. The first-order valence-corrected chi connectivity index (χ1v) is 4.09. The molecule has 1 aromatic heterocycles. The third-order valence-corrected chi connectivity index (χ3v) is 1.84. The summed E-state index contributed by atoms with van der Waals surface area (Å²) in [6.07, 6.45) is 0. The Morgan fingerprint density at radius 3 is 2.93 bits per heavy atom. The highest BCUT2D eigenvalue weighted by Crippen LogP contribution is 2.16. The predicted molar refractivity (Wildman–Crippen MR) is 49.7 cm³/mol. The summed E-state index contributed by atoms with van der Waals surface area (Å²) in [5.74, 6) is 0.738. The highest BCUT2D eigenvalue weighted by atomic mass is 16.5. The average molecular weight is 188 g/mol. The zero-order valence-electron chi connectivity index (χ0n) is 7.64. The molecule has 14 heavy (non-hydrogen) atoms. The highest BCUT2D eigenvalue weighted by molar-refractivity contribution is 5.75. The second-order valence-corrected chi connectivity index (χ2v) is 2.74. The quantitative estimate of drug-likeness (QED) is 0.704. The Labute approximate surface area is 80.5 Å². The minimum absolute atomic E-state index is 0.164. The summed E-state index contributed by atoms with van der Waals surface area (Å²) in [6, 6.07) is 7.40. The van der Waals surface area contributed by atoms with Crippen molar-refractivity contribution in [3.63, 3.8) is 0 Å². The van der Waals surface area contributed by atoms with E-state index < -0.39 is 0 Å². The lowest BCUT2D eigenvalue weighted by atomic mass is 10.3. The van der Waals surface area contributed by atoms with Crippen molar-refractivity contribution in [3.8, 4) is 11.8 Å². The third-order valence-electron chi connectivity index (χ3n) is 1.84. The maximum absolute atomic E-state index is 8.47. The van der Waals surface area contributed by atoms with Gasteiger partial charge in [0.25, 0.3) is 0 Å². The van der Waals surface area contributed by atoms with Gasteiger partial charge in [0.05, 0.1) is 13.2 Å². The first kappa shape index (κ1) is 8.51. The fourth-order valence-corrected chi connectivity index (χ4v) is 1.20. The van der Waals surface area contributed by atoms with E-state index in [2.05, 4.69) is 10.2 Å². The second kappa shape index (κ2) is 3.34. The molecule has 2 aromatic rings. The summed E-state index contributed by atoms with van der Waals surface area (Å²) in [7, 11) is 1.60. The minimum atomic E-state index is 0.164. The molecule has 1 heterocycles. The van der Waals surface area contributed by atoms with E-state index in [0.717, 1.165) is 16.8 Å². The van der Waals surface area contributed by atoms with Crippen molar-refractivity contribution in [2.75, 3.05) is 7.11 Å². The average Bonchev–Trinajstić information content (AvgIpc) is 2.59. The number of aromatic nitrogens is 3. The molecule has 0 spiro atoms. The highest BCUT2D eigenvalue weighted by Gasteiger charge is 2.02. The monoisotopic (exact) mass is 188 g/mol. The molecule has 0 aliphatic carbocycles. The number of ether oxygens (including phenoxy) is 1. The van der Waals surface area contributed by atoms with Crippen LogP contribution in [-0.4, -0.2) is 22.1 Å². The molecule has 0 saturated heterocycles. The van der Waals surface area contributed by atoms with Gasteiger partial charge >= 0.3 is 0 Å². The summed E-state index contributed by atoms with van der Waals surface area (Å²) in [4.78, 5) is 1.37. The first-order valence-electron chi connectivity index (χ1n) is 4.09. The van der Waals surface area contributed by atoms with Crippen molar-refractivity contribution in [1.82, 2.24) is 15.0 Å². The van der Waals surface area contributed by atoms with Crippen molar-refractivity contribution in [2.24, 2.45) is 0 Å². The van der Waals surface area contributed by atoms with E-state index in [9.17, 15) is 0 Å². The van der Waals surface area contributed by atoms with Gasteiger partial charge in [-0.3, -0.25) is 0 Å². The zero-order valence-corrected chi connectivity index (χ0v) is 7.64. The van der Waals surface area contributed by atoms with Crippen LogP contribution in [0.25, 0.3) is 11.0 Å². The molecule has 0 amide bonds. The molecule has 0 atom stereocenters. The number of fused-ring (bicyclic) bond motifs is 1. The Kier molecular flexibility index (Phi) is 2.03. The van der Waals surface area contributed by atoms with E-state index in [-0.39, 0.29) is 6.54 Å². The molecule has 0 aliphatic heterocycles. The molecule has 2 rings (SSSR count). The fraction of sp³-hybridized carbons (Fsp3) is 0.222. The van der Waals surface area contributed by atoms with Crippen LogP contribution in [0.2, 0.25) is 0 Å². The molecule has 1 aromatic carbocycles. The lowest BCUT2D eigenvalue weighted by molar-refractivity contribution is 0.415. The van der Waals surface area contributed by atoms with E-state index in [1.807, 2.05) is 18.2 Å². The SMILES string of the molecule is COc1ccc2nn(CC#N)nc2c1. The Balaban J connectivity index is 2.50. The van der Waals surface area contributed by atoms with Crippen LogP contribution in [0, 0.1) is 11.3 Å². The summed E-state index contributed by atoms with van der Waals surface area (Å²) < 4.78 is 5.05. The van der Waals surface area contributed by atoms with Gasteiger partial charge < -0.3 is 4.74 Å². The van der Waals surface area contributed by atoms with E-state index >= 15 is 0 Å². The first-order chi connectivity index (χ1) is 6.83. The van der Waals surface area contributed by atoms with Crippen molar-refractivity contribution >= 4 is 11.0 Å². The summed E-state index contributed by atoms with van der Waals surface area (Å²) in [5, 5.41) is 16.7. The Morgan fingerprint density at radius 1 is 1.43 bits per heavy atom. The third kappa shape index (κ3) is 1.38. The normalized spacial score (nSPS) is 10.0. The molecule has 5 heteroatoms. The summed E-state index contributed by atoms with van der Waals surface area (Å²) in [6.45, 7) is 0.164. The predicted octanol–water partition coefficient (Wildman–Crippen LogP) is 0.963. The molecule has 0 unspecified atom stereocenters. The van der Waals surface area contributed by atoms with Crippen LogP contribution in [0.15, 0.2) is 18.2 Å². The standard InChI is InChI=1S/C9H8N4O/c1-14-7-2-3-8-9(6-7)12-13(11-8)5-4-10/h2-3,6H,5H2,1H3. The van der Waals surface area contributed by atoms with Crippen molar-refractivity contribution in [2.45, 2.75) is 6.54 Å². The van der Waals surface area contributed by atoms with Gasteiger partial charge in [0.15, 0.2) is 0 Å². The number of rotatable bonds is 2. The van der Waals surface area contributed by atoms with Crippen LogP contribution in [-0.2, 0) is 6.54 Å². The summed E-state index contributed by atoms with van der Waals surface area (Å²) >= 11 is 0. The smallest absolute Gasteiger partial charge is 0.147 e. The Hall–Kier alpha value is -2.09. The van der Waals surface area contributed by atoms with E-state index in [1.165, 1.54) is 4.80 Å². The van der Waals surface area contributed by atoms with Gasteiger partial charge in [-0.25, -0.2) is 0 Å². The van der Waals surface area contributed by atoms with Crippen LogP contribution >= 0.6 is 0 Å². The molecule has 0 radical (unpaired) electrons. The number of nitriles is 1. The van der Waals surface area contributed by atoms with Gasteiger partial charge in [-0.05, 0) is 12.1 Å². The van der Waals surface area contributed by atoms with E-state index in [0.29, 0.717) is 0 Å². The molecule has 5 nitrogen and oxygen atoms in total. The van der Waals surface area contributed by atoms with Crippen LogP contribution in [0.1, 0.15) is 0 Å². The van der Waals surface area contributed by atoms with Crippen molar-refractivity contribution < 1.29 is 4.74 Å². The lowest BCUT2D eigenvalue weighted by Gasteiger charge is -1.95. The fourth-order valence-electron chi connectivity index (χ4n) is 1.20. The maximum atomic E-state index is 8.47. The van der Waals surface area contributed by atoms with Crippen LogP contribution < -0.4 is 4.74 Å². The van der Waals surface area contributed by atoms with Gasteiger partial charge in [-0.2, -0.15) is 20.3 Å². The van der Waals surface area contributed by atoms with Crippen LogP contribution in [0.4, 0.5) is 0 Å². The molecular formula is C9H8N4O. The van der Waals surface area contributed by atoms with Gasteiger partial charge in [-0.15, -0.1) is 0 Å². The lowest BCUT2D eigenvalue weighted by Crippen LogP contribution is -1.98. The molecular weight excluding hydrogens is 180 g/mol. The maximum Gasteiger partial charge on any atom is 0.147 e. The topological polar surface area (TPSA) is 63.7 Å². The van der Waals surface area contributed by atoms with E-state index in [1.54, 1.807) is 13.2 Å². The number of hydrogen-bond acceptors (Lipinski definition) is 4. The Morgan fingerprint density at radius 2 is 2.21 bits per heavy atom. The Bertz CT molecular complexity index is 497. The van der Waals surface area contributed by atoms with Gasteiger partial charge in [0.2, 0.25) is 0 Å². The number of methoxy groups -OCH3 is 1. The van der Waals surface area contributed by atoms with Crippen LogP contribution in [0.5, 0.6) is 5.75 Å². The molecule has 0 aliphatic rings. The molecule has 0 saturated carbocycles. The zero-order chi connectivity index (χ0) is 9.97. The molecule has 0 fully saturated rings. The van der Waals surface area contributed by atoms with Gasteiger partial charge in [-0.1, -0.05) is 0 Å². The molecule has 0 N–H and O–H groups in total. The number of nitrogens with zero attached hydrogens (tertiary/aromatic N) is 4. The largest absolute Gasteiger partial charge is 0.497 e. The number of benzene rings is 1. The van der Waals surface area contributed by atoms with Gasteiger partial charge in [0.1, 0.15) is 23.3 Å². The van der Waals surface area contributed by atoms with Crippen molar-refractivity contribution in [1.29, 1.82) is 5.26 Å². The van der Waals surface area contributed by atoms with Gasteiger partial charge in [0, 0.05) is 6.07 Å². The summed E-state index contributed by atoms with van der Waals surface area (Å²) in [5.41, 5.74) is 1.50. The minimum Gasteiger partial charge on any atom is -0.497 e. The van der Waals surface area contributed by atoms with E-state index in [4.69, 9.17) is 10.00 Å².